The van der Waals surface area contributed by atoms with E-state index >= 15 is 0 Å². The lowest BCUT2D eigenvalue weighted by Gasteiger charge is -2.38. The quantitative estimate of drug-likeness (QED) is 0.739. The Morgan fingerprint density at radius 1 is 1.47 bits per heavy atom. The van der Waals surface area contributed by atoms with Crippen LogP contribution in [0.4, 0.5) is 0 Å². The number of aromatic nitrogens is 1. The van der Waals surface area contributed by atoms with Gasteiger partial charge in [0.15, 0.2) is 0 Å². The third kappa shape index (κ3) is 2.84. The number of carbonyl (C=O) groups excluding carboxylic acids is 1. The molecule has 0 bridgehead atoms. The van der Waals surface area contributed by atoms with E-state index in [1.807, 2.05) is 17.0 Å². The van der Waals surface area contributed by atoms with Gasteiger partial charge in [0, 0.05) is 25.7 Å². The lowest BCUT2D eigenvalue weighted by molar-refractivity contribution is 0.0527. The average Bonchev–Trinajstić information content (AvgIpc) is 2.28. The predicted octanol–water partition coefficient (Wildman–Crippen LogP) is 1.62. The average molecular weight is 298 g/mol. The molecule has 0 aromatic carbocycles. The lowest BCUT2D eigenvalue weighted by Crippen LogP contribution is -2.52. The molecule has 1 aromatic heterocycles. The Morgan fingerprint density at radius 2 is 2.24 bits per heavy atom. The fourth-order valence-corrected chi connectivity index (χ4v) is 2.46. The van der Waals surface area contributed by atoms with Crippen LogP contribution in [-0.2, 0) is 0 Å². The molecule has 1 unspecified atom stereocenters. The summed E-state index contributed by atoms with van der Waals surface area (Å²) in [7, 11) is 2.08. The summed E-state index contributed by atoms with van der Waals surface area (Å²) in [5.41, 5.74) is 0.510. The van der Waals surface area contributed by atoms with Crippen molar-refractivity contribution < 1.29 is 4.79 Å². The SMILES string of the molecule is CC1CN(C)CCN1C(=O)c1cccc(Br)n1. The molecule has 1 aliphatic rings. The summed E-state index contributed by atoms with van der Waals surface area (Å²) in [6.07, 6.45) is 0. The molecule has 1 fully saturated rings. The van der Waals surface area contributed by atoms with Gasteiger partial charge in [-0.1, -0.05) is 6.07 Å². The highest BCUT2D eigenvalue weighted by Gasteiger charge is 2.27. The molecule has 0 saturated carbocycles. The van der Waals surface area contributed by atoms with Crippen molar-refractivity contribution in [2.24, 2.45) is 0 Å². The van der Waals surface area contributed by atoms with Gasteiger partial charge in [0.2, 0.25) is 0 Å². The highest BCUT2D eigenvalue weighted by molar-refractivity contribution is 9.10. The highest BCUT2D eigenvalue weighted by Crippen LogP contribution is 2.13. The van der Waals surface area contributed by atoms with E-state index in [9.17, 15) is 4.79 Å². The van der Waals surface area contributed by atoms with Crippen LogP contribution in [0.2, 0.25) is 0 Å². The Labute approximate surface area is 110 Å². The number of amides is 1. The maximum Gasteiger partial charge on any atom is 0.272 e. The van der Waals surface area contributed by atoms with Crippen molar-refractivity contribution in [1.82, 2.24) is 14.8 Å². The van der Waals surface area contributed by atoms with E-state index in [-0.39, 0.29) is 11.9 Å². The summed E-state index contributed by atoms with van der Waals surface area (Å²) in [6.45, 7) is 4.68. The van der Waals surface area contributed by atoms with E-state index < -0.39 is 0 Å². The first kappa shape index (κ1) is 12.5. The summed E-state index contributed by atoms with van der Waals surface area (Å²) >= 11 is 3.29. The molecular weight excluding hydrogens is 282 g/mol. The van der Waals surface area contributed by atoms with Gasteiger partial charge in [0.05, 0.1) is 0 Å². The molecular formula is C12H16BrN3O. The molecule has 5 heteroatoms. The monoisotopic (exact) mass is 297 g/mol. The number of hydrogen-bond acceptors (Lipinski definition) is 3. The van der Waals surface area contributed by atoms with Crippen LogP contribution >= 0.6 is 15.9 Å². The van der Waals surface area contributed by atoms with Gasteiger partial charge in [-0.05, 0) is 42.0 Å². The minimum Gasteiger partial charge on any atom is -0.332 e. The standard InChI is InChI=1S/C12H16BrN3O/c1-9-8-15(2)6-7-16(9)12(17)10-4-3-5-11(13)14-10/h3-5,9H,6-8H2,1-2H3. The number of pyridine rings is 1. The number of hydrogen-bond donors (Lipinski definition) is 0. The normalized spacial score (nSPS) is 21.6. The van der Waals surface area contributed by atoms with Gasteiger partial charge in [-0.15, -0.1) is 0 Å². The zero-order chi connectivity index (χ0) is 12.4. The topological polar surface area (TPSA) is 36.4 Å². The van der Waals surface area contributed by atoms with Crippen LogP contribution in [0.3, 0.4) is 0 Å². The van der Waals surface area contributed by atoms with Crippen LogP contribution in [-0.4, -0.2) is 53.4 Å². The molecule has 2 rings (SSSR count). The first-order chi connectivity index (χ1) is 8.08. The fourth-order valence-electron chi connectivity index (χ4n) is 2.12. The largest absolute Gasteiger partial charge is 0.332 e. The van der Waals surface area contributed by atoms with Gasteiger partial charge in [0.25, 0.3) is 5.91 Å². The second kappa shape index (κ2) is 5.14. The van der Waals surface area contributed by atoms with Gasteiger partial charge in [0.1, 0.15) is 10.3 Å². The number of likely N-dealkylation sites (N-methyl/N-ethyl adjacent to an activating group) is 1. The summed E-state index contributed by atoms with van der Waals surface area (Å²) in [5.74, 6) is 0.0203. The third-order valence-corrected chi connectivity index (χ3v) is 3.47. The second-order valence-corrected chi connectivity index (χ2v) is 5.27. The summed E-state index contributed by atoms with van der Waals surface area (Å²) in [4.78, 5) is 20.6. The minimum atomic E-state index is 0.0203. The zero-order valence-corrected chi connectivity index (χ0v) is 11.6. The van der Waals surface area contributed by atoms with Gasteiger partial charge >= 0.3 is 0 Å². The molecule has 1 saturated heterocycles. The molecule has 1 atom stereocenters. The van der Waals surface area contributed by atoms with Crippen molar-refractivity contribution in [2.45, 2.75) is 13.0 Å². The van der Waals surface area contributed by atoms with E-state index in [0.717, 1.165) is 19.6 Å². The molecule has 1 aromatic rings. The molecule has 1 aliphatic heterocycles. The maximum absolute atomic E-state index is 12.3. The molecule has 0 radical (unpaired) electrons. The van der Waals surface area contributed by atoms with Crippen molar-refractivity contribution in [1.29, 1.82) is 0 Å². The van der Waals surface area contributed by atoms with Crippen molar-refractivity contribution in [3.8, 4) is 0 Å². The van der Waals surface area contributed by atoms with E-state index in [4.69, 9.17) is 0 Å². The van der Waals surface area contributed by atoms with E-state index in [1.54, 1.807) is 6.07 Å². The van der Waals surface area contributed by atoms with Gasteiger partial charge in [-0.3, -0.25) is 4.79 Å². The molecule has 0 spiro atoms. The molecule has 2 heterocycles. The fraction of sp³-hybridized carbons (Fsp3) is 0.500. The highest BCUT2D eigenvalue weighted by atomic mass is 79.9. The second-order valence-electron chi connectivity index (χ2n) is 4.46. The molecule has 17 heavy (non-hydrogen) atoms. The van der Waals surface area contributed by atoms with Crippen LogP contribution in [0.5, 0.6) is 0 Å². The van der Waals surface area contributed by atoms with Gasteiger partial charge < -0.3 is 9.80 Å². The first-order valence-corrected chi connectivity index (χ1v) is 6.49. The van der Waals surface area contributed by atoms with Gasteiger partial charge in [-0.25, -0.2) is 4.98 Å². The zero-order valence-electron chi connectivity index (χ0n) is 10.1. The number of halogens is 1. The maximum atomic E-state index is 12.3. The van der Waals surface area contributed by atoms with Crippen LogP contribution in [0.25, 0.3) is 0 Å². The minimum absolute atomic E-state index is 0.0203. The Hall–Kier alpha value is -0.940. The first-order valence-electron chi connectivity index (χ1n) is 5.70. The summed E-state index contributed by atoms with van der Waals surface area (Å²) in [6, 6.07) is 5.66. The number of rotatable bonds is 1. The van der Waals surface area contributed by atoms with Crippen LogP contribution in [0.1, 0.15) is 17.4 Å². The molecule has 1 amide bonds. The molecule has 0 aliphatic carbocycles. The van der Waals surface area contributed by atoms with E-state index in [2.05, 4.69) is 39.8 Å². The number of nitrogens with zero attached hydrogens (tertiary/aromatic N) is 3. The molecule has 0 N–H and O–H groups in total. The Balaban J connectivity index is 2.15. The Morgan fingerprint density at radius 3 is 2.88 bits per heavy atom. The van der Waals surface area contributed by atoms with Crippen LogP contribution < -0.4 is 0 Å². The van der Waals surface area contributed by atoms with Crippen molar-refractivity contribution >= 4 is 21.8 Å². The van der Waals surface area contributed by atoms with Crippen molar-refractivity contribution in [2.75, 3.05) is 26.7 Å². The lowest BCUT2D eigenvalue weighted by atomic mass is 10.2. The van der Waals surface area contributed by atoms with Crippen molar-refractivity contribution in [3.05, 3.63) is 28.5 Å². The van der Waals surface area contributed by atoms with E-state index in [0.29, 0.717) is 10.3 Å². The van der Waals surface area contributed by atoms with Crippen LogP contribution in [0.15, 0.2) is 22.8 Å². The molecule has 92 valence electrons. The Kier molecular flexibility index (Phi) is 3.79. The van der Waals surface area contributed by atoms with Crippen molar-refractivity contribution in [3.63, 3.8) is 0 Å². The smallest absolute Gasteiger partial charge is 0.272 e. The van der Waals surface area contributed by atoms with Gasteiger partial charge in [-0.2, -0.15) is 0 Å². The predicted molar refractivity (Wildman–Crippen MR) is 69.9 cm³/mol. The Bertz CT molecular complexity index is 424. The van der Waals surface area contributed by atoms with Crippen LogP contribution in [0, 0.1) is 0 Å². The number of piperazine rings is 1. The summed E-state index contributed by atoms with van der Waals surface area (Å²) in [5, 5.41) is 0. The van der Waals surface area contributed by atoms with E-state index in [1.165, 1.54) is 0 Å². The number of carbonyl (C=O) groups is 1. The molecule has 4 nitrogen and oxygen atoms in total. The summed E-state index contributed by atoms with van der Waals surface area (Å²) < 4.78 is 0.699. The third-order valence-electron chi connectivity index (χ3n) is 3.03.